The third kappa shape index (κ3) is 5.78. The molecule has 1 atom stereocenters. The summed E-state index contributed by atoms with van der Waals surface area (Å²) in [6, 6.07) is 8.17. The summed E-state index contributed by atoms with van der Waals surface area (Å²) in [7, 11) is 0. The molecule has 1 aromatic carbocycles. The van der Waals surface area contributed by atoms with Gasteiger partial charge >= 0.3 is 5.97 Å². The van der Waals surface area contributed by atoms with Crippen LogP contribution in [0.2, 0.25) is 0 Å². The number of ether oxygens (including phenoxy) is 1. The average molecular weight is 265 g/mol. The van der Waals surface area contributed by atoms with Gasteiger partial charge in [-0.05, 0) is 12.1 Å². The van der Waals surface area contributed by atoms with E-state index < -0.39 is 36.7 Å². The van der Waals surface area contributed by atoms with Crippen LogP contribution < -0.4 is 5.11 Å². The molecule has 6 nitrogen and oxygen atoms in total. The lowest BCUT2D eigenvalue weighted by Crippen LogP contribution is -2.28. The molecule has 102 valence electrons. The van der Waals surface area contributed by atoms with Crippen LogP contribution in [-0.2, 0) is 14.3 Å². The van der Waals surface area contributed by atoms with Crippen LogP contribution in [-0.4, -0.2) is 35.5 Å². The molecule has 0 radical (unpaired) electrons. The summed E-state index contributed by atoms with van der Waals surface area (Å²) in [5.74, 6) is -2.80. The third-order valence-corrected chi connectivity index (χ3v) is 2.22. The highest BCUT2D eigenvalue weighted by Gasteiger charge is 2.14. The number of benzene rings is 1. The molecule has 1 N–H and O–H groups in total. The van der Waals surface area contributed by atoms with Crippen LogP contribution >= 0.6 is 0 Å². The number of aliphatic hydroxyl groups is 1. The van der Waals surface area contributed by atoms with Crippen molar-refractivity contribution < 1.29 is 29.3 Å². The largest absolute Gasteiger partial charge is 0.550 e. The van der Waals surface area contributed by atoms with E-state index in [0.29, 0.717) is 5.56 Å². The second kappa shape index (κ2) is 7.27. The molecule has 6 heteroatoms. The van der Waals surface area contributed by atoms with Crippen molar-refractivity contribution in [1.29, 1.82) is 0 Å². The SMILES string of the molecule is O=C([O-])CC(=O)C[C@H](O)COC(=O)c1ccccc1. The van der Waals surface area contributed by atoms with Crippen molar-refractivity contribution >= 4 is 17.7 Å². The fourth-order valence-corrected chi connectivity index (χ4v) is 1.38. The van der Waals surface area contributed by atoms with E-state index in [9.17, 15) is 24.6 Å². The lowest BCUT2D eigenvalue weighted by molar-refractivity contribution is -0.304. The number of carbonyl (C=O) groups is 3. The number of aliphatic carboxylic acids is 1. The first-order chi connectivity index (χ1) is 8.99. The molecule has 0 aliphatic heterocycles. The number of hydrogen-bond acceptors (Lipinski definition) is 6. The lowest BCUT2D eigenvalue weighted by atomic mass is 10.1. The number of carboxylic acids is 1. The van der Waals surface area contributed by atoms with Crippen LogP contribution in [0, 0.1) is 0 Å². The maximum Gasteiger partial charge on any atom is 0.338 e. The van der Waals surface area contributed by atoms with E-state index in [1.165, 1.54) is 0 Å². The van der Waals surface area contributed by atoms with Gasteiger partial charge in [-0.15, -0.1) is 0 Å². The van der Waals surface area contributed by atoms with Crippen LogP contribution in [0.15, 0.2) is 30.3 Å². The molecule has 0 bridgehead atoms. The number of ketones is 1. The topological polar surface area (TPSA) is 104 Å². The summed E-state index contributed by atoms with van der Waals surface area (Å²) in [6.45, 7) is -0.369. The van der Waals surface area contributed by atoms with Gasteiger partial charge in [0.05, 0.1) is 11.7 Å². The molecule has 0 aromatic heterocycles. The minimum atomic E-state index is -1.50. The van der Waals surface area contributed by atoms with Gasteiger partial charge < -0.3 is 19.7 Å². The summed E-state index contributed by atoms with van der Waals surface area (Å²) >= 11 is 0. The fourth-order valence-electron chi connectivity index (χ4n) is 1.38. The normalized spacial score (nSPS) is 11.6. The monoisotopic (exact) mass is 265 g/mol. The van der Waals surface area contributed by atoms with Crippen molar-refractivity contribution in [3.8, 4) is 0 Å². The number of esters is 1. The number of carbonyl (C=O) groups excluding carboxylic acids is 3. The molecule has 0 spiro atoms. The molecule has 1 aromatic rings. The maximum atomic E-state index is 11.5. The van der Waals surface area contributed by atoms with Gasteiger partial charge in [0.15, 0.2) is 0 Å². The summed E-state index contributed by atoms with van der Waals surface area (Å²) < 4.78 is 4.79. The molecule has 19 heavy (non-hydrogen) atoms. The van der Waals surface area contributed by atoms with Crippen LogP contribution in [0.3, 0.4) is 0 Å². The Morgan fingerprint density at radius 2 is 1.84 bits per heavy atom. The van der Waals surface area contributed by atoms with E-state index in [1.807, 2.05) is 0 Å². The van der Waals surface area contributed by atoms with E-state index in [0.717, 1.165) is 0 Å². The first kappa shape index (κ1) is 14.8. The average Bonchev–Trinajstić information content (AvgIpc) is 2.36. The molecule has 0 aliphatic carbocycles. The van der Waals surface area contributed by atoms with E-state index in [-0.39, 0.29) is 6.61 Å². The van der Waals surface area contributed by atoms with Crippen molar-refractivity contribution in [2.75, 3.05) is 6.61 Å². The third-order valence-electron chi connectivity index (χ3n) is 2.22. The van der Waals surface area contributed by atoms with E-state index >= 15 is 0 Å². The molecule has 0 amide bonds. The van der Waals surface area contributed by atoms with Crippen LogP contribution in [0.5, 0.6) is 0 Å². The van der Waals surface area contributed by atoms with Gasteiger partial charge in [-0.25, -0.2) is 4.79 Å². The molecular formula is C13H13O6-. The number of aliphatic hydroxyl groups excluding tert-OH is 1. The second-order valence-electron chi connectivity index (χ2n) is 3.91. The Hall–Kier alpha value is -2.21. The standard InChI is InChI=1S/C13H14O6/c14-10(7-12(16)17)6-11(15)8-19-13(18)9-4-2-1-3-5-9/h1-5,11,15H,6-8H2,(H,16,17)/p-1/t11-/m0/s1. The van der Waals surface area contributed by atoms with Gasteiger partial charge in [-0.1, -0.05) is 18.2 Å². The van der Waals surface area contributed by atoms with Crippen LogP contribution in [0.25, 0.3) is 0 Å². The number of Topliss-reactive ketones (excluding diaryl/α,β-unsaturated/α-hetero) is 1. The number of rotatable bonds is 7. The Balaban J connectivity index is 2.34. The van der Waals surface area contributed by atoms with Crippen molar-refractivity contribution in [1.82, 2.24) is 0 Å². The first-order valence-corrected chi connectivity index (χ1v) is 5.61. The van der Waals surface area contributed by atoms with Gasteiger partial charge in [0.1, 0.15) is 12.4 Å². The molecule has 0 fully saturated rings. The predicted octanol–water partition coefficient (Wildman–Crippen LogP) is -0.696. The van der Waals surface area contributed by atoms with Gasteiger partial charge in [-0.2, -0.15) is 0 Å². The Morgan fingerprint density at radius 3 is 2.42 bits per heavy atom. The van der Waals surface area contributed by atoms with Crippen LogP contribution in [0.4, 0.5) is 0 Å². The minimum absolute atomic E-state index is 0.329. The van der Waals surface area contributed by atoms with Gasteiger partial charge in [0.25, 0.3) is 0 Å². The Morgan fingerprint density at radius 1 is 1.21 bits per heavy atom. The smallest absolute Gasteiger partial charge is 0.338 e. The highest BCUT2D eigenvalue weighted by molar-refractivity contribution is 5.94. The highest BCUT2D eigenvalue weighted by atomic mass is 16.5. The molecule has 1 rings (SSSR count). The van der Waals surface area contributed by atoms with E-state index in [1.54, 1.807) is 30.3 Å². The Kier molecular flexibility index (Phi) is 5.69. The summed E-state index contributed by atoms with van der Waals surface area (Å²) in [6.07, 6.45) is -2.38. The van der Waals surface area contributed by atoms with Crippen molar-refractivity contribution in [2.45, 2.75) is 18.9 Å². The number of carboxylic acid groups (broad SMARTS) is 1. The number of hydrogen-bond donors (Lipinski definition) is 1. The minimum Gasteiger partial charge on any atom is -0.550 e. The van der Waals surface area contributed by atoms with E-state index in [4.69, 9.17) is 4.74 Å². The molecule has 0 saturated heterocycles. The van der Waals surface area contributed by atoms with Crippen molar-refractivity contribution in [2.24, 2.45) is 0 Å². The molecule has 0 heterocycles. The zero-order chi connectivity index (χ0) is 14.3. The summed E-state index contributed by atoms with van der Waals surface area (Å²) in [5.41, 5.74) is 0.329. The Bertz CT molecular complexity index is 453. The highest BCUT2D eigenvalue weighted by Crippen LogP contribution is 2.03. The maximum absolute atomic E-state index is 11.5. The van der Waals surface area contributed by atoms with Crippen molar-refractivity contribution in [3.05, 3.63) is 35.9 Å². The zero-order valence-electron chi connectivity index (χ0n) is 10.1. The van der Waals surface area contributed by atoms with Crippen molar-refractivity contribution in [3.63, 3.8) is 0 Å². The molecular weight excluding hydrogens is 252 g/mol. The molecule has 0 saturated carbocycles. The predicted molar refractivity (Wildman–Crippen MR) is 62.0 cm³/mol. The van der Waals surface area contributed by atoms with Gasteiger partial charge in [-0.3, -0.25) is 4.79 Å². The van der Waals surface area contributed by atoms with Gasteiger partial charge in [0.2, 0.25) is 0 Å². The van der Waals surface area contributed by atoms with Gasteiger partial charge in [0, 0.05) is 18.8 Å². The summed E-state index contributed by atoms with van der Waals surface area (Å²) in [5, 5.41) is 19.6. The second-order valence-corrected chi connectivity index (χ2v) is 3.91. The fraction of sp³-hybridized carbons (Fsp3) is 0.308. The Labute approximate surface area is 109 Å². The molecule has 0 aliphatic rings. The summed E-state index contributed by atoms with van der Waals surface area (Å²) in [4.78, 5) is 32.7. The quantitative estimate of drug-likeness (QED) is 0.516. The first-order valence-electron chi connectivity index (χ1n) is 5.61. The zero-order valence-corrected chi connectivity index (χ0v) is 10.1. The molecule has 0 unspecified atom stereocenters. The van der Waals surface area contributed by atoms with Crippen LogP contribution in [0.1, 0.15) is 23.2 Å². The lowest BCUT2D eigenvalue weighted by Gasteiger charge is -2.11. The van der Waals surface area contributed by atoms with E-state index in [2.05, 4.69) is 0 Å².